The third kappa shape index (κ3) is 1.61. The predicted molar refractivity (Wildman–Crippen MR) is 69.3 cm³/mol. The lowest BCUT2D eigenvalue weighted by Gasteiger charge is -2.59. The quantitative estimate of drug-likeness (QED) is 0.745. The first-order valence-corrected chi connectivity index (χ1v) is 7.86. The van der Waals surface area contributed by atoms with Crippen molar-refractivity contribution in [3.63, 3.8) is 0 Å². The fourth-order valence-electron chi connectivity index (χ4n) is 4.90. The van der Waals surface area contributed by atoms with Gasteiger partial charge < -0.3 is 14.6 Å². The van der Waals surface area contributed by atoms with Crippen molar-refractivity contribution in [2.45, 2.75) is 57.2 Å². The Balaban J connectivity index is 1.79. The molecule has 5 aliphatic rings. The number of hydrogen-bond acceptors (Lipinski definition) is 5. The topological polar surface area (TPSA) is 57.2 Å². The second-order valence-electron chi connectivity index (χ2n) is 7.19. The number of rotatable bonds is 1. The Morgan fingerprint density at radius 3 is 2.80 bits per heavy atom. The van der Waals surface area contributed by atoms with E-state index < -0.39 is 11.4 Å². The van der Waals surface area contributed by atoms with Gasteiger partial charge in [0.15, 0.2) is 11.9 Å². The van der Waals surface area contributed by atoms with Crippen molar-refractivity contribution >= 4 is 0 Å². The van der Waals surface area contributed by atoms with Crippen LogP contribution in [0.4, 0.5) is 0 Å². The van der Waals surface area contributed by atoms with Gasteiger partial charge in [-0.1, -0.05) is 6.92 Å². The van der Waals surface area contributed by atoms with E-state index in [1.165, 1.54) is 6.42 Å². The van der Waals surface area contributed by atoms with Gasteiger partial charge in [-0.2, -0.15) is 0 Å². The van der Waals surface area contributed by atoms with E-state index in [1.54, 1.807) is 0 Å². The van der Waals surface area contributed by atoms with E-state index in [0.29, 0.717) is 18.4 Å². The highest BCUT2D eigenvalue weighted by Crippen LogP contribution is 2.59. The maximum atomic E-state index is 9.69. The number of fused-ring (bicyclic) bond motifs is 2. The van der Waals surface area contributed by atoms with E-state index >= 15 is 0 Å². The minimum atomic E-state index is -0.691. The molecule has 5 heteroatoms. The molecule has 7 atom stereocenters. The van der Waals surface area contributed by atoms with E-state index in [-0.39, 0.29) is 24.7 Å². The molecular weight excluding hydrogens is 260 g/mol. The summed E-state index contributed by atoms with van der Waals surface area (Å²) in [7, 11) is 0. The number of aliphatic hydroxyl groups excluding tert-OH is 1. The number of aliphatic hydroxyl groups is 1. The van der Waals surface area contributed by atoms with Crippen molar-refractivity contribution in [2.75, 3.05) is 13.2 Å². The summed E-state index contributed by atoms with van der Waals surface area (Å²) in [5, 5.41) is 9.69. The summed E-state index contributed by atoms with van der Waals surface area (Å²) in [6, 6.07) is 0. The normalized spacial score (nSPS) is 58.0. The van der Waals surface area contributed by atoms with Gasteiger partial charge in [-0.25, -0.2) is 9.78 Å². The molecule has 1 saturated carbocycles. The van der Waals surface area contributed by atoms with Gasteiger partial charge in [-0.15, -0.1) is 0 Å². The molecule has 1 N–H and O–H groups in total. The van der Waals surface area contributed by atoms with Crippen molar-refractivity contribution in [2.24, 2.45) is 23.7 Å². The number of hydrogen-bond donors (Lipinski definition) is 1. The molecular formula is C15H24O5. The minimum absolute atomic E-state index is 0.121. The van der Waals surface area contributed by atoms with Gasteiger partial charge in [0.05, 0.1) is 6.61 Å². The van der Waals surface area contributed by atoms with Crippen molar-refractivity contribution in [3.05, 3.63) is 0 Å². The maximum absolute atomic E-state index is 9.69. The monoisotopic (exact) mass is 284 g/mol. The first-order valence-electron chi connectivity index (χ1n) is 7.86. The van der Waals surface area contributed by atoms with Crippen LogP contribution < -0.4 is 0 Å². The lowest BCUT2D eigenvalue weighted by molar-refractivity contribution is -0.567. The van der Waals surface area contributed by atoms with Gasteiger partial charge in [0.25, 0.3) is 0 Å². The van der Waals surface area contributed by atoms with Crippen LogP contribution in [0.25, 0.3) is 0 Å². The Morgan fingerprint density at radius 1 is 1.15 bits per heavy atom. The SMILES string of the molecule is C[C@@H]1CC[C@H]2[C@@H](CO)CO[C@@H]3O[C@@]4(C)CC[C@@H]1[C@]32OO4. The highest BCUT2D eigenvalue weighted by atomic mass is 17.3. The molecule has 0 aromatic rings. The first kappa shape index (κ1) is 13.5. The molecule has 5 rings (SSSR count). The largest absolute Gasteiger partial charge is 0.396 e. The van der Waals surface area contributed by atoms with Crippen LogP contribution in [0.2, 0.25) is 0 Å². The highest BCUT2D eigenvalue weighted by molar-refractivity contribution is 5.08. The summed E-state index contributed by atoms with van der Waals surface area (Å²) >= 11 is 0. The molecule has 0 radical (unpaired) electrons. The Kier molecular flexibility index (Phi) is 2.96. The molecule has 0 unspecified atom stereocenters. The van der Waals surface area contributed by atoms with Crippen LogP contribution in [0.3, 0.4) is 0 Å². The minimum Gasteiger partial charge on any atom is -0.396 e. The summed E-state index contributed by atoms with van der Waals surface area (Å²) in [4.78, 5) is 11.6. The molecule has 20 heavy (non-hydrogen) atoms. The Bertz CT molecular complexity index is 398. The average molecular weight is 284 g/mol. The molecule has 4 heterocycles. The molecule has 1 aliphatic carbocycles. The van der Waals surface area contributed by atoms with E-state index in [4.69, 9.17) is 19.2 Å². The van der Waals surface area contributed by atoms with Crippen LogP contribution in [0.1, 0.15) is 39.5 Å². The fraction of sp³-hybridized carbons (Fsp3) is 1.00. The first-order chi connectivity index (χ1) is 9.59. The zero-order chi connectivity index (χ0) is 14.0. The molecule has 5 nitrogen and oxygen atoms in total. The van der Waals surface area contributed by atoms with Gasteiger partial charge in [-0.3, -0.25) is 0 Å². The van der Waals surface area contributed by atoms with Gasteiger partial charge >= 0.3 is 0 Å². The summed E-state index contributed by atoms with van der Waals surface area (Å²) in [6.07, 6.45) is 3.74. The molecule has 1 spiro atoms. The molecule has 0 aromatic heterocycles. The molecule has 4 saturated heterocycles. The van der Waals surface area contributed by atoms with Crippen LogP contribution in [-0.2, 0) is 19.2 Å². The van der Waals surface area contributed by atoms with Crippen molar-refractivity contribution in [1.29, 1.82) is 0 Å². The summed E-state index contributed by atoms with van der Waals surface area (Å²) in [5.41, 5.74) is -0.528. The molecule has 4 aliphatic heterocycles. The van der Waals surface area contributed by atoms with Crippen molar-refractivity contribution in [1.82, 2.24) is 0 Å². The standard InChI is InChI=1S/C15H24O5/c1-9-3-4-12-10(7-16)8-17-13-15(12)11(9)5-6-14(2,18-13)19-20-15/h9-13,16H,3-8H2,1-2H3/t9-,10+,11+,12+,13-,14-,15-/m1/s1. The zero-order valence-corrected chi connectivity index (χ0v) is 12.2. The third-order valence-electron chi connectivity index (χ3n) is 6.04. The average Bonchev–Trinajstić information content (AvgIpc) is 2.67. The van der Waals surface area contributed by atoms with E-state index in [9.17, 15) is 5.11 Å². The summed E-state index contributed by atoms with van der Waals surface area (Å²) in [5.74, 6) is 0.641. The van der Waals surface area contributed by atoms with Crippen LogP contribution in [0.15, 0.2) is 0 Å². The second-order valence-corrected chi connectivity index (χ2v) is 7.19. The lowest BCUT2D eigenvalue weighted by Crippen LogP contribution is -2.69. The fourth-order valence-corrected chi connectivity index (χ4v) is 4.90. The van der Waals surface area contributed by atoms with E-state index in [1.807, 2.05) is 6.92 Å². The molecule has 0 amide bonds. The van der Waals surface area contributed by atoms with Crippen molar-refractivity contribution < 1.29 is 24.4 Å². The van der Waals surface area contributed by atoms with Crippen LogP contribution >= 0.6 is 0 Å². The molecule has 5 fully saturated rings. The van der Waals surface area contributed by atoms with Crippen LogP contribution in [0.5, 0.6) is 0 Å². The summed E-state index contributed by atoms with van der Waals surface area (Å²) < 4.78 is 12.1. The maximum Gasteiger partial charge on any atom is 0.201 e. The highest BCUT2D eigenvalue weighted by Gasteiger charge is 2.68. The predicted octanol–water partition coefficient (Wildman–Crippen LogP) is 1.84. The smallest absolute Gasteiger partial charge is 0.201 e. The third-order valence-corrected chi connectivity index (χ3v) is 6.04. The summed E-state index contributed by atoms with van der Waals surface area (Å²) in [6.45, 7) is 4.91. The zero-order valence-electron chi connectivity index (χ0n) is 12.2. The second kappa shape index (κ2) is 4.40. The lowest BCUT2D eigenvalue weighted by atomic mass is 9.58. The Labute approximate surface area is 119 Å². The number of ether oxygens (including phenoxy) is 2. The molecule has 2 bridgehead atoms. The Morgan fingerprint density at radius 2 is 2.00 bits per heavy atom. The van der Waals surface area contributed by atoms with E-state index in [2.05, 4.69) is 6.92 Å². The van der Waals surface area contributed by atoms with Gasteiger partial charge in [0.1, 0.15) is 0 Å². The van der Waals surface area contributed by atoms with Crippen LogP contribution in [0, 0.1) is 23.7 Å². The Hall–Kier alpha value is -0.200. The van der Waals surface area contributed by atoms with Gasteiger partial charge in [0, 0.05) is 24.9 Å². The van der Waals surface area contributed by atoms with Gasteiger partial charge in [0.2, 0.25) is 5.79 Å². The molecule has 114 valence electrons. The molecule has 0 aromatic carbocycles. The van der Waals surface area contributed by atoms with Gasteiger partial charge in [-0.05, 0) is 38.0 Å². The van der Waals surface area contributed by atoms with E-state index in [0.717, 1.165) is 19.3 Å². The van der Waals surface area contributed by atoms with Crippen LogP contribution in [-0.4, -0.2) is 36.0 Å². The van der Waals surface area contributed by atoms with Crippen molar-refractivity contribution in [3.8, 4) is 0 Å².